The molecule has 5 N–H and O–H groups in total. The summed E-state index contributed by atoms with van der Waals surface area (Å²) in [6, 6.07) is 8.66. The number of unbranched alkanes of at least 4 members (excludes halogenated alkanes) is 1. The van der Waals surface area contributed by atoms with Gasteiger partial charge in [0.05, 0.1) is 0 Å². The molecule has 5 nitrogen and oxygen atoms in total. The van der Waals surface area contributed by atoms with E-state index in [-0.39, 0.29) is 12.2 Å². The molecule has 1 rings (SSSR count). The lowest BCUT2D eigenvalue weighted by Crippen LogP contribution is -2.54. The number of aryl methyl sites for hydroxylation is 2. The third-order valence-electron chi connectivity index (χ3n) is 5.54. The van der Waals surface area contributed by atoms with Gasteiger partial charge in [0.2, 0.25) is 0 Å². The van der Waals surface area contributed by atoms with E-state index in [1.165, 1.54) is 11.1 Å². The molecule has 0 saturated heterocycles. The van der Waals surface area contributed by atoms with Gasteiger partial charge in [-0.05, 0) is 49.9 Å². The van der Waals surface area contributed by atoms with E-state index in [2.05, 4.69) is 52.0 Å². The molecule has 0 heterocycles. The lowest BCUT2D eigenvalue weighted by molar-refractivity contribution is -0.146. The lowest BCUT2D eigenvalue weighted by atomic mass is 9.74. The number of nitrogens with two attached hydrogens (primary N) is 1. The molecule has 1 unspecified atom stereocenters. The topological polar surface area (TPSA) is 104 Å². The van der Waals surface area contributed by atoms with Gasteiger partial charge in [-0.15, -0.1) is 0 Å². The van der Waals surface area contributed by atoms with Gasteiger partial charge in [0.25, 0.3) is 0 Å². The number of carbonyl (C=O) groups is 1. The Bertz CT molecular complexity index is 563. The fraction of sp³-hybridized carbons (Fsp3) is 0.696. The smallest absolute Gasteiger partial charge is 0.451 e. The Hall–Kier alpha value is -1.37. The number of hydrogen-bond acceptors (Lipinski definition) is 4. The molecule has 6 heteroatoms. The second-order valence-electron chi connectivity index (χ2n) is 8.49. The fourth-order valence-electron chi connectivity index (χ4n) is 3.41. The minimum atomic E-state index is -1.32. The van der Waals surface area contributed by atoms with E-state index >= 15 is 0 Å². The van der Waals surface area contributed by atoms with E-state index in [0.29, 0.717) is 25.2 Å². The van der Waals surface area contributed by atoms with Gasteiger partial charge in [-0.1, -0.05) is 83.2 Å². The highest BCUT2D eigenvalue weighted by atomic mass is 16.4. The van der Waals surface area contributed by atoms with Crippen molar-refractivity contribution in [1.29, 1.82) is 0 Å². The maximum atomic E-state index is 11.6. The number of hydrogen-bond donors (Lipinski definition) is 4. The monoisotopic (exact) mass is 407 g/mol. The highest BCUT2D eigenvalue weighted by Gasteiger charge is 2.40. The highest BCUT2D eigenvalue weighted by Crippen LogP contribution is 2.30. The molecule has 0 fully saturated rings. The molecule has 1 aromatic carbocycles. The fourth-order valence-corrected chi connectivity index (χ4v) is 3.41. The van der Waals surface area contributed by atoms with Crippen LogP contribution < -0.4 is 5.73 Å². The van der Waals surface area contributed by atoms with Crippen LogP contribution in [0, 0.1) is 18.8 Å². The van der Waals surface area contributed by atoms with E-state index in [4.69, 9.17) is 15.8 Å². The van der Waals surface area contributed by atoms with Crippen LogP contribution in [0.25, 0.3) is 0 Å². The van der Waals surface area contributed by atoms with Crippen LogP contribution in [0.2, 0.25) is 6.32 Å². The Morgan fingerprint density at radius 2 is 1.69 bits per heavy atom. The van der Waals surface area contributed by atoms with Crippen molar-refractivity contribution in [2.45, 2.75) is 91.4 Å². The van der Waals surface area contributed by atoms with Gasteiger partial charge in [-0.3, -0.25) is 4.79 Å². The van der Waals surface area contributed by atoms with Gasteiger partial charge in [-0.25, -0.2) is 0 Å². The summed E-state index contributed by atoms with van der Waals surface area (Å²) < 4.78 is 0. The molecule has 0 aliphatic heterocycles. The first-order valence-corrected chi connectivity index (χ1v) is 11.0. The highest BCUT2D eigenvalue weighted by molar-refractivity contribution is 6.40. The summed E-state index contributed by atoms with van der Waals surface area (Å²) in [5.74, 6) is -0.453. The SMILES string of the molecule is CC[C@@H](CCC(C)C)C(N)(CCCCB(O)O)C(=O)O.CCc1ccc(C)cc1. The predicted octanol–water partition coefficient (Wildman–Crippen LogP) is 4.43. The molecule has 0 bridgehead atoms. The summed E-state index contributed by atoms with van der Waals surface area (Å²) in [5.41, 5.74) is 7.73. The minimum absolute atomic E-state index is 0.0403. The molecular formula is C23H42BNO4. The maximum absolute atomic E-state index is 11.6. The van der Waals surface area contributed by atoms with Crippen molar-refractivity contribution in [3.05, 3.63) is 35.4 Å². The first kappa shape index (κ1) is 27.6. The third-order valence-corrected chi connectivity index (χ3v) is 5.54. The zero-order chi connectivity index (χ0) is 22.4. The standard InChI is InChI=1S/C14H30BNO4.C9H12/c1-4-12(8-7-11(2)3)14(16,13(17)18)9-5-6-10-15(19)20;1-3-9-6-4-8(2)5-7-9/h11-12,19-20H,4-10,16H2,1-3H3,(H,17,18);4-7H,3H2,1-2H3/t12-,14?;/m0./s1. The second-order valence-corrected chi connectivity index (χ2v) is 8.49. The average molecular weight is 407 g/mol. The van der Waals surface area contributed by atoms with Crippen LogP contribution >= 0.6 is 0 Å². The first-order valence-electron chi connectivity index (χ1n) is 11.0. The third kappa shape index (κ3) is 11.4. The van der Waals surface area contributed by atoms with Crippen LogP contribution in [-0.2, 0) is 11.2 Å². The van der Waals surface area contributed by atoms with E-state index in [1.54, 1.807) is 0 Å². The first-order chi connectivity index (χ1) is 13.6. The van der Waals surface area contributed by atoms with Gasteiger partial charge in [0, 0.05) is 0 Å². The van der Waals surface area contributed by atoms with E-state index < -0.39 is 18.6 Å². The van der Waals surface area contributed by atoms with Crippen LogP contribution in [0.1, 0.15) is 77.3 Å². The van der Waals surface area contributed by atoms with Gasteiger partial charge in [0.1, 0.15) is 5.54 Å². The molecule has 0 saturated carbocycles. The Balaban J connectivity index is 0.000000717. The number of carboxylic acid groups (broad SMARTS) is 1. The van der Waals surface area contributed by atoms with Gasteiger partial charge < -0.3 is 20.9 Å². The zero-order valence-corrected chi connectivity index (χ0v) is 19.0. The molecule has 166 valence electrons. The van der Waals surface area contributed by atoms with Crippen molar-refractivity contribution >= 4 is 13.1 Å². The van der Waals surface area contributed by atoms with Crippen molar-refractivity contribution < 1.29 is 19.9 Å². The number of carboxylic acids is 1. The zero-order valence-electron chi connectivity index (χ0n) is 19.0. The van der Waals surface area contributed by atoms with Crippen molar-refractivity contribution in [3.8, 4) is 0 Å². The van der Waals surface area contributed by atoms with Crippen LogP contribution in [0.3, 0.4) is 0 Å². The molecule has 0 amide bonds. The predicted molar refractivity (Wildman–Crippen MR) is 122 cm³/mol. The molecule has 0 aliphatic carbocycles. The lowest BCUT2D eigenvalue weighted by Gasteiger charge is -2.34. The Kier molecular flexibility index (Phi) is 13.9. The largest absolute Gasteiger partial charge is 0.480 e. The number of aliphatic carboxylic acids is 1. The van der Waals surface area contributed by atoms with Crippen LogP contribution in [0.5, 0.6) is 0 Å². The summed E-state index contributed by atoms with van der Waals surface area (Å²) >= 11 is 0. The van der Waals surface area contributed by atoms with Crippen molar-refractivity contribution in [2.75, 3.05) is 0 Å². The van der Waals surface area contributed by atoms with E-state index in [9.17, 15) is 9.90 Å². The Morgan fingerprint density at radius 1 is 1.10 bits per heavy atom. The molecule has 0 aliphatic rings. The average Bonchev–Trinajstić information content (AvgIpc) is 2.66. The molecule has 0 aromatic heterocycles. The number of benzene rings is 1. The van der Waals surface area contributed by atoms with E-state index in [1.807, 2.05) is 6.92 Å². The van der Waals surface area contributed by atoms with Gasteiger partial charge in [-0.2, -0.15) is 0 Å². The summed E-state index contributed by atoms with van der Waals surface area (Å²) in [5, 5.41) is 27.1. The van der Waals surface area contributed by atoms with Crippen molar-refractivity contribution in [3.63, 3.8) is 0 Å². The Morgan fingerprint density at radius 3 is 2.10 bits per heavy atom. The van der Waals surface area contributed by atoms with Gasteiger partial charge >= 0.3 is 13.1 Å². The van der Waals surface area contributed by atoms with Crippen molar-refractivity contribution in [1.82, 2.24) is 0 Å². The second kappa shape index (κ2) is 14.6. The molecule has 1 aromatic rings. The van der Waals surface area contributed by atoms with Crippen LogP contribution in [0.15, 0.2) is 24.3 Å². The molecular weight excluding hydrogens is 365 g/mol. The maximum Gasteiger partial charge on any atom is 0.451 e. The summed E-state index contributed by atoms with van der Waals surface area (Å²) in [4.78, 5) is 11.6. The Labute approximate surface area is 177 Å². The summed E-state index contributed by atoms with van der Waals surface area (Å²) in [7, 11) is -1.32. The number of rotatable bonds is 12. The van der Waals surface area contributed by atoms with E-state index in [0.717, 1.165) is 25.7 Å². The van der Waals surface area contributed by atoms with Crippen LogP contribution in [-0.4, -0.2) is 33.8 Å². The quantitative estimate of drug-likeness (QED) is 0.303. The summed E-state index contributed by atoms with van der Waals surface area (Å²) in [6.45, 7) is 10.5. The normalized spacial score (nSPS) is 14.0. The molecule has 0 spiro atoms. The van der Waals surface area contributed by atoms with Crippen molar-refractivity contribution in [2.24, 2.45) is 17.6 Å². The molecule has 0 radical (unpaired) electrons. The minimum Gasteiger partial charge on any atom is -0.480 e. The molecule has 29 heavy (non-hydrogen) atoms. The van der Waals surface area contributed by atoms with Crippen LogP contribution in [0.4, 0.5) is 0 Å². The molecule has 2 atom stereocenters. The summed E-state index contributed by atoms with van der Waals surface area (Å²) in [6.07, 6.45) is 5.49. The van der Waals surface area contributed by atoms with Gasteiger partial charge in [0.15, 0.2) is 0 Å².